The van der Waals surface area contributed by atoms with Crippen molar-refractivity contribution in [3.05, 3.63) is 28.8 Å². The van der Waals surface area contributed by atoms with Crippen molar-refractivity contribution in [1.82, 2.24) is 10.2 Å². The molecule has 1 atom stereocenters. The first kappa shape index (κ1) is 20.9. The third-order valence-corrected chi connectivity index (χ3v) is 7.55. The quantitative estimate of drug-likeness (QED) is 0.771. The van der Waals surface area contributed by atoms with Crippen LogP contribution in [0.4, 0.5) is 10.5 Å². The fraction of sp³-hybridized carbons (Fsp3) is 0.579. The van der Waals surface area contributed by atoms with Gasteiger partial charge in [0, 0.05) is 24.8 Å². The predicted octanol–water partition coefficient (Wildman–Crippen LogP) is 3.05. The smallest absolute Gasteiger partial charge is 0.319 e. The van der Waals surface area contributed by atoms with E-state index in [0.717, 1.165) is 25.7 Å². The molecule has 1 heterocycles. The highest BCUT2D eigenvalue weighted by Gasteiger charge is 2.29. The van der Waals surface area contributed by atoms with Crippen LogP contribution in [0.15, 0.2) is 18.2 Å². The third-order valence-electron chi connectivity index (χ3n) is 5.47. The molecule has 9 heteroatoms. The molecule has 2 aliphatic rings. The first-order valence-electron chi connectivity index (χ1n) is 9.60. The van der Waals surface area contributed by atoms with Gasteiger partial charge in [0.1, 0.15) is 0 Å². The topological polar surface area (TPSA) is 95.6 Å². The van der Waals surface area contributed by atoms with Crippen molar-refractivity contribution in [3.63, 3.8) is 0 Å². The molecule has 1 aliphatic carbocycles. The number of urea groups is 1. The second kappa shape index (κ2) is 8.69. The summed E-state index contributed by atoms with van der Waals surface area (Å²) in [6.45, 7) is 0. The maximum Gasteiger partial charge on any atom is 0.319 e. The molecule has 1 aliphatic heterocycles. The number of hydrogen-bond donors (Lipinski definition) is 2. The Morgan fingerprint density at radius 3 is 2.46 bits per heavy atom. The predicted molar refractivity (Wildman–Crippen MR) is 110 cm³/mol. The molecule has 1 saturated carbocycles. The highest BCUT2D eigenvalue weighted by Crippen LogP contribution is 2.26. The summed E-state index contributed by atoms with van der Waals surface area (Å²) in [5, 5.41) is 5.57. The van der Waals surface area contributed by atoms with Crippen molar-refractivity contribution in [2.24, 2.45) is 0 Å². The summed E-state index contributed by atoms with van der Waals surface area (Å²) in [5.74, 6) is -0.0684. The lowest BCUT2D eigenvalue weighted by Gasteiger charge is -2.31. The Kier molecular flexibility index (Phi) is 6.50. The number of rotatable bonds is 4. The first-order valence-corrected chi connectivity index (χ1v) is 11.8. The highest BCUT2D eigenvalue weighted by molar-refractivity contribution is 7.91. The largest absolute Gasteiger partial charge is 0.339 e. The zero-order chi connectivity index (χ0) is 20.3. The summed E-state index contributed by atoms with van der Waals surface area (Å²) in [6, 6.07) is 4.14. The van der Waals surface area contributed by atoms with Gasteiger partial charge < -0.3 is 15.5 Å². The zero-order valence-electron chi connectivity index (χ0n) is 15.9. The summed E-state index contributed by atoms with van der Waals surface area (Å²) < 4.78 is 22.9. The molecular weight excluding hydrogens is 402 g/mol. The highest BCUT2D eigenvalue weighted by atomic mass is 35.5. The van der Waals surface area contributed by atoms with Gasteiger partial charge in [-0.15, -0.1) is 0 Å². The van der Waals surface area contributed by atoms with Crippen LogP contribution < -0.4 is 10.6 Å². The Morgan fingerprint density at radius 1 is 1.14 bits per heavy atom. The molecule has 154 valence electrons. The van der Waals surface area contributed by atoms with Crippen LogP contribution in [0.3, 0.4) is 0 Å². The number of hydrogen-bond acceptors (Lipinski definition) is 4. The van der Waals surface area contributed by atoms with Gasteiger partial charge in [-0.2, -0.15) is 0 Å². The first-order chi connectivity index (χ1) is 13.2. The van der Waals surface area contributed by atoms with Crippen molar-refractivity contribution in [3.8, 4) is 0 Å². The fourth-order valence-corrected chi connectivity index (χ4v) is 5.79. The lowest BCUT2D eigenvalue weighted by molar-refractivity contribution is 0.0696. The molecule has 0 spiro atoms. The standard InChI is InChI=1S/C19H26ClN3O4S/c1-23(15-5-3-2-4-6-15)18(24)16-8-7-13(11-17(16)20)21-19(25)22-14-9-10-28(26,27)12-14/h7-8,11,14-15H,2-6,9-10,12H2,1H3,(H2,21,22,25). The normalized spacial score (nSPS) is 21.9. The van der Waals surface area contributed by atoms with E-state index in [9.17, 15) is 18.0 Å². The van der Waals surface area contributed by atoms with E-state index in [-0.39, 0.29) is 34.5 Å². The monoisotopic (exact) mass is 427 g/mol. The number of carbonyl (C=O) groups is 2. The van der Waals surface area contributed by atoms with Gasteiger partial charge in [-0.1, -0.05) is 30.9 Å². The molecular formula is C19H26ClN3O4S. The van der Waals surface area contributed by atoms with Crippen molar-refractivity contribution in [2.75, 3.05) is 23.9 Å². The molecule has 1 aromatic rings. The van der Waals surface area contributed by atoms with E-state index in [4.69, 9.17) is 11.6 Å². The molecule has 2 N–H and O–H groups in total. The Morgan fingerprint density at radius 2 is 1.86 bits per heavy atom. The van der Waals surface area contributed by atoms with Gasteiger partial charge in [0.2, 0.25) is 0 Å². The lowest BCUT2D eigenvalue weighted by atomic mass is 9.94. The molecule has 28 heavy (non-hydrogen) atoms. The van der Waals surface area contributed by atoms with Gasteiger partial charge in [0.05, 0.1) is 22.1 Å². The summed E-state index contributed by atoms with van der Waals surface area (Å²) in [7, 11) is -1.25. The SMILES string of the molecule is CN(C(=O)c1ccc(NC(=O)NC2CCS(=O)(=O)C2)cc1Cl)C1CCCCC1. The maximum atomic E-state index is 12.8. The molecule has 0 radical (unpaired) electrons. The van der Waals surface area contributed by atoms with Gasteiger partial charge in [0.25, 0.3) is 5.91 Å². The van der Waals surface area contributed by atoms with E-state index in [2.05, 4.69) is 10.6 Å². The number of nitrogens with one attached hydrogen (secondary N) is 2. The second-order valence-electron chi connectivity index (χ2n) is 7.60. The van der Waals surface area contributed by atoms with Crippen LogP contribution >= 0.6 is 11.6 Å². The Labute approximate surface area is 170 Å². The van der Waals surface area contributed by atoms with E-state index >= 15 is 0 Å². The van der Waals surface area contributed by atoms with Crippen LogP contribution in [0, 0.1) is 0 Å². The summed E-state index contributed by atoms with van der Waals surface area (Å²) in [4.78, 5) is 26.6. The maximum absolute atomic E-state index is 12.8. The molecule has 1 saturated heterocycles. The molecule has 0 aromatic heterocycles. The number of nitrogens with zero attached hydrogens (tertiary/aromatic N) is 1. The molecule has 1 unspecified atom stereocenters. The number of halogens is 1. The van der Waals surface area contributed by atoms with E-state index in [1.807, 2.05) is 7.05 Å². The van der Waals surface area contributed by atoms with E-state index in [1.165, 1.54) is 12.5 Å². The van der Waals surface area contributed by atoms with Crippen LogP contribution in [0.1, 0.15) is 48.9 Å². The summed E-state index contributed by atoms with van der Waals surface area (Å²) >= 11 is 6.30. The van der Waals surface area contributed by atoms with Gasteiger partial charge >= 0.3 is 6.03 Å². The molecule has 2 fully saturated rings. The number of carbonyl (C=O) groups excluding carboxylic acids is 2. The van der Waals surface area contributed by atoms with Crippen LogP contribution in [0.25, 0.3) is 0 Å². The minimum absolute atomic E-state index is 0.0396. The average molecular weight is 428 g/mol. The van der Waals surface area contributed by atoms with Crippen LogP contribution in [0.2, 0.25) is 5.02 Å². The van der Waals surface area contributed by atoms with Crippen LogP contribution in [-0.4, -0.2) is 55.9 Å². The average Bonchev–Trinajstić information content (AvgIpc) is 2.99. The van der Waals surface area contributed by atoms with Crippen molar-refractivity contribution >= 4 is 39.1 Å². The van der Waals surface area contributed by atoms with Crippen LogP contribution in [-0.2, 0) is 9.84 Å². The van der Waals surface area contributed by atoms with Crippen molar-refractivity contribution < 1.29 is 18.0 Å². The van der Waals surface area contributed by atoms with Gasteiger partial charge in [-0.25, -0.2) is 13.2 Å². The lowest BCUT2D eigenvalue weighted by Crippen LogP contribution is -2.39. The van der Waals surface area contributed by atoms with E-state index < -0.39 is 15.9 Å². The molecule has 7 nitrogen and oxygen atoms in total. The van der Waals surface area contributed by atoms with Gasteiger partial charge in [-0.3, -0.25) is 4.79 Å². The Hall–Kier alpha value is -1.80. The summed E-state index contributed by atoms with van der Waals surface area (Å²) in [6.07, 6.45) is 5.92. The number of benzene rings is 1. The molecule has 3 rings (SSSR count). The van der Waals surface area contributed by atoms with Crippen LogP contribution in [0.5, 0.6) is 0 Å². The summed E-state index contributed by atoms with van der Waals surface area (Å²) in [5.41, 5.74) is 0.850. The van der Waals surface area contributed by atoms with E-state index in [0.29, 0.717) is 17.7 Å². The molecule has 3 amide bonds. The molecule has 0 bridgehead atoms. The Bertz CT molecular complexity index is 853. The minimum atomic E-state index is -3.06. The Balaban J connectivity index is 1.60. The fourth-order valence-electron chi connectivity index (χ4n) is 3.85. The van der Waals surface area contributed by atoms with E-state index in [1.54, 1.807) is 17.0 Å². The zero-order valence-corrected chi connectivity index (χ0v) is 17.5. The number of anilines is 1. The van der Waals surface area contributed by atoms with Gasteiger partial charge in [0.15, 0.2) is 9.84 Å². The minimum Gasteiger partial charge on any atom is -0.339 e. The molecule has 1 aromatic carbocycles. The second-order valence-corrected chi connectivity index (χ2v) is 10.2. The number of amides is 3. The third kappa shape index (κ3) is 5.17. The van der Waals surface area contributed by atoms with Gasteiger partial charge in [-0.05, 0) is 37.5 Å². The number of sulfone groups is 1. The van der Waals surface area contributed by atoms with Crippen molar-refractivity contribution in [2.45, 2.75) is 50.6 Å². The van der Waals surface area contributed by atoms with Crippen molar-refractivity contribution in [1.29, 1.82) is 0 Å².